The van der Waals surface area contributed by atoms with Gasteiger partial charge in [0, 0.05) is 12.2 Å². The molecule has 0 saturated heterocycles. The molecular formula is C10H14N2S2. The topological polar surface area (TPSA) is 49.9 Å². The van der Waals surface area contributed by atoms with Crippen molar-refractivity contribution in [2.45, 2.75) is 23.5 Å². The SMILES string of the molecule is N=C(N)CC1(CSc2cccs2)CC1. The van der Waals surface area contributed by atoms with Gasteiger partial charge < -0.3 is 5.73 Å². The molecule has 1 heterocycles. The summed E-state index contributed by atoms with van der Waals surface area (Å²) in [5.41, 5.74) is 5.81. The second-order valence-corrected chi connectivity index (χ2v) is 6.15. The lowest BCUT2D eigenvalue weighted by Gasteiger charge is -2.12. The molecule has 1 aliphatic rings. The minimum absolute atomic E-state index is 0.342. The lowest BCUT2D eigenvalue weighted by atomic mass is 10.1. The van der Waals surface area contributed by atoms with Crippen LogP contribution in [0.25, 0.3) is 0 Å². The molecule has 4 heteroatoms. The van der Waals surface area contributed by atoms with Gasteiger partial charge in [-0.25, -0.2) is 0 Å². The van der Waals surface area contributed by atoms with Crippen molar-refractivity contribution in [3.63, 3.8) is 0 Å². The molecule has 0 radical (unpaired) electrons. The van der Waals surface area contributed by atoms with Crippen LogP contribution in [-0.2, 0) is 0 Å². The van der Waals surface area contributed by atoms with E-state index in [1.165, 1.54) is 17.1 Å². The Bertz CT molecular complexity index is 315. The highest BCUT2D eigenvalue weighted by Gasteiger charge is 2.42. The van der Waals surface area contributed by atoms with Gasteiger partial charge in [0.25, 0.3) is 0 Å². The smallest absolute Gasteiger partial charge is 0.0911 e. The molecule has 0 atom stereocenters. The molecule has 1 aromatic heterocycles. The van der Waals surface area contributed by atoms with E-state index in [0.717, 1.165) is 12.2 Å². The minimum atomic E-state index is 0.342. The predicted molar refractivity (Wildman–Crippen MR) is 63.2 cm³/mol. The van der Waals surface area contributed by atoms with Crippen LogP contribution >= 0.6 is 23.1 Å². The van der Waals surface area contributed by atoms with Crippen molar-refractivity contribution in [1.29, 1.82) is 5.41 Å². The van der Waals surface area contributed by atoms with Gasteiger partial charge in [0.1, 0.15) is 0 Å². The first kappa shape index (κ1) is 10.1. The number of rotatable bonds is 5. The van der Waals surface area contributed by atoms with Crippen molar-refractivity contribution >= 4 is 28.9 Å². The van der Waals surface area contributed by atoms with Crippen LogP contribution in [0.15, 0.2) is 21.7 Å². The number of hydrogen-bond donors (Lipinski definition) is 2. The molecule has 2 nitrogen and oxygen atoms in total. The highest BCUT2D eigenvalue weighted by atomic mass is 32.2. The van der Waals surface area contributed by atoms with E-state index < -0.39 is 0 Å². The first-order valence-corrected chi connectivity index (χ1v) is 6.56. The Morgan fingerprint density at radius 1 is 1.64 bits per heavy atom. The molecule has 1 fully saturated rings. The average molecular weight is 226 g/mol. The van der Waals surface area contributed by atoms with Gasteiger partial charge in [0.05, 0.1) is 10.0 Å². The Hall–Kier alpha value is -0.480. The number of thiophene rings is 1. The van der Waals surface area contributed by atoms with Crippen LogP contribution in [0.4, 0.5) is 0 Å². The molecule has 76 valence electrons. The maximum atomic E-state index is 7.31. The molecule has 1 aromatic rings. The standard InChI is InChI=1S/C10H14N2S2/c11-8(12)6-10(3-4-10)7-14-9-2-1-5-13-9/h1-2,5H,3-4,6-7H2,(H3,11,12). The number of nitrogens with two attached hydrogens (primary N) is 1. The second kappa shape index (κ2) is 3.95. The van der Waals surface area contributed by atoms with E-state index in [2.05, 4.69) is 17.5 Å². The fraction of sp³-hybridized carbons (Fsp3) is 0.500. The number of amidine groups is 1. The summed E-state index contributed by atoms with van der Waals surface area (Å²) in [6.07, 6.45) is 3.27. The van der Waals surface area contributed by atoms with Crippen molar-refractivity contribution in [2.75, 3.05) is 5.75 Å². The summed E-state index contributed by atoms with van der Waals surface area (Å²) >= 11 is 3.69. The summed E-state index contributed by atoms with van der Waals surface area (Å²) in [6.45, 7) is 0. The molecule has 1 saturated carbocycles. The first-order chi connectivity index (χ1) is 6.70. The van der Waals surface area contributed by atoms with Gasteiger partial charge in [-0.05, 0) is 29.7 Å². The average Bonchev–Trinajstić information content (AvgIpc) is 2.68. The van der Waals surface area contributed by atoms with Crippen LogP contribution < -0.4 is 5.73 Å². The Labute approximate surface area is 92.4 Å². The Kier molecular flexibility index (Phi) is 2.83. The van der Waals surface area contributed by atoms with Crippen LogP contribution in [0.1, 0.15) is 19.3 Å². The molecule has 0 spiro atoms. The fourth-order valence-electron chi connectivity index (χ4n) is 1.52. The first-order valence-electron chi connectivity index (χ1n) is 4.69. The molecule has 0 aliphatic heterocycles. The monoisotopic (exact) mass is 226 g/mol. The molecule has 0 unspecified atom stereocenters. The van der Waals surface area contributed by atoms with Crippen molar-refractivity contribution in [1.82, 2.24) is 0 Å². The zero-order valence-corrected chi connectivity index (χ0v) is 9.59. The zero-order valence-electron chi connectivity index (χ0n) is 7.95. The number of hydrogen-bond acceptors (Lipinski definition) is 3. The molecular weight excluding hydrogens is 212 g/mol. The van der Waals surface area contributed by atoms with Crippen molar-refractivity contribution in [3.05, 3.63) is 17.5 Å². The van der Waals surface area contributed by atoms with Gasteiger partial charge in [-0.1, -0.05) is 6.07 Å². The van der Waals surface area contributed by atoms with Gasteiger partial charge in [-0.3, -0.25) is 5.41 Å². The van der Waals surface area contributed by atoms with Gasteiger partial charge in [0.2, 0.25) is 0 Å². The molecule has 0 aromatic carbocycles. The van der Waals surface area contributed by atoms with E-state index in [4.69, 9.17) is 11.1 Å². The molecule has 0 bridgehead atoms. The molecule has 14 heavy (non-hydrogen) atoms. The van der Waals surface area contributed by atoms with E-state index in [1.807, 2.05) is 11.8 Å². The quantitative estimate of drug-likeness (QED) is 0.461. The summed E-state index contributed by atoms with van der Waals surface area (Å²) < 4.78 is 1.37. The van der Waals surface area contributed by atoms with Crippen LogP contribution in [0.3, 0.4) is 0 Å². The summed E-state index contributed by atoms with van der Waals surface area (Å²) in [6, 6.07) is 4.23. The van der Waals surface area contributed by atoms with Crippen molar-refractivity contribution < 1.29 is 0 Å². The summed E-state index contributed by atoms with van der Waals surface area (Å²) in [5, 5.41) is 9.42. The van der Waals surface area contributed by atoms with E-state index in [1.54, 1.807) is 11.3 Å². The fourth-order valence-corrected chi connectivity index (χ4v) is 3.60. The van der Waals surface area contributed by atoms with E-state index in [-0.39, 0.29) is 0 Å². The molecule has 3 N–H and O–H groups in total. The Morgan fingerprint density at radius 3 is 2.93 bits per heavy atom. The van der Waals surface area contributed by atoms with Crippen LogP contribution in [0, 0.1) is 10.8 Å². The van der Waals surface area contributed by atoms with E-state index in [0.29, 0.717) is 11.3 Å². The van der Waals surface area contributed by atoms with E-state index in [9.17, 15) is 0 Å². The summed E-state index contributed by atoms with van der Waals surface area (Å²) in [5.74, 6) is 1.46. The van der Waals surface area contributed by atoms with Gasteiger partial charge in [-0.15, -0.1) is 23.1 Å². The Balaban J connectivity index is 1.83. The van der Waals surface area contributed by atoms with Crippen LogP contribution in [0.5, 0.6) is 0 Å². The van der Waals surface area contributed by atoms with Crippen molar-refractivity contribution in [3.8, 4) is 0 Å². The van der Waals surface area contributed by atoms with Crippen LogP contribution in [0.2, 0.25) is 0 Å². The van der Waals surface area contributed by atoms with Crippen LogP contribution in [-0.4, -0.2) is 11.6 Å². The summed E-state index contributed by atoms with van der Waals surface area (Å²) in [4.78, 5) is 0. The lowest BCUT2D eigenvalue weighted by Crippen LogP contribution is -2.17. The highest BCUT2D eigenvalue weighted by molar-refractivity contribution is 8.01. The third-order valence-electron chi connectivity index (χ3n) is 2.54. The third kappa shape index (κ3) is 2.51. The molecule has 2 rings (SSSR count). The Morgan fingerprint density at radius 2 is 2.43 bits per heavy atom. The molecule has 0 amide bonds. The normalized spacial score (nSPS) is 18.0. The molecule has 1 aliphatic carbocycles. The maximum absolute atomic E-state index is 7.31. The summed E-state index contributed by atoms with van der Waals surface area (Å²) in [7, 11) is 0. The highest BCUT2D eigenvalue weighted by Crippen LogP contribution is 2.52. The van der Waals surface area contributed by atoms with Gasteiger partial charge in [0.15, 0.2) is 0 Å². The van der Waals surface area contributed by atoms with E-state index >= 15 is 0 Å². The second-order valence-electron chi connectivity index (χ2n) is 3.92. The lowest BCUT2D eigenvalue weighted by molar-refractivity contribution is 0.612. The van der Waals surface area contributed by atoms with Gasteiger partial charge >= 0.3 is 0 Å². The third-order valence-corrected chi connectivity index (χ3v) is 5.02. The zero-order chi connectivity index (χ0) is 10.0. The number of thioether (sulfide) groups is 1. The van der Waals surface area contributed by atoms with Crippen molar-refractivity contribution in [2.24, 2.45) is 11.1 Å². The van der Waals surface area contributed by atoms with Gasteiger partial charge in [-0.2, -0.15) is 0 Å². The number of nitrogens with one attached hydrogen (secondary N) is 1. The minimum Gasteiger partial charge on any atom is -0.388 e. The predicted octanol–water partition coefficient (Wildman–Crippen LogP) is 2.95. The largest absolute Gasteiger partial charge is 0.388 e. The maximum Gasteiger partial charge on any atom is 0.0911 e.